The first-order chi connectivity index (χ1) is 9.31. The minimum Gasteiger partial charge on any atom is -0.497 e. The van der Waals surface area contributed by atoms with Crippen molar-refractivity contribution in [1.82, 2.24) is 4.98 Å². The van der Waals surface area contributed by atoms with Crippen molar-refractivity contribution in [2.24, 2.45) is 0 Å². The number of fused-ring (bicyclic) bond motifs is 1. The highest BCUT2D eigenvalue weighted by molar-refractivity contribution is 7.15. The zero-order valence-electron chi connectivity index (χ0n) is 11.0. The van der Waals surface area contributed by atoms with E-state index in [1.807, 2.05) is 18.2 Å². The van der Waals surface area contributed by atoms with Gasteiger partial charge in [-0.05, 0) is 25.0 Å². The van der Waals surface area contributed by atoms with E-state index in [1.54, 1.807) is 25.6 Å². The molecule has 2 aromatic rings. The summed E-state index contributed by atoms with van der Waals surface area (Å²) in [6.07, 6.45) is 2.28. The number of ether oxygens (including phenoxy) is 2. The number of hydrogen-bond acceptors (Lipinski definition) is 5. The van der Waals surface area contributed by atoms with Crippen LogP contribution >= 0.6 is 11.3 Å². The molecule has 0 unspecified atom stereocenters. The summed E-state index contributed by atoms with van der Waals surface area (Å²) >= 11 is 1.74. The standard InChI is InChI=1S/C14H16N2O2S/c1-17-9-5-6-10(11(8-9)18-2)14-16-13-12(19-14)4-3-7-15-13/h5-6,8,15H,3-4,7H2,1-2H3. The lowest BCUT2D eigenvalue weighted by Gasteiger charge is -2.10. The highest BCUT2D eigenvalue weighted by Crippen LogP contribution is 2.39. The van der Waals surface area contributed by atoms with Gasteiger partial charge in [-0.2, -0.15) is 0 Å². The highest BCUT2D eigenvalue weighted by atomic mass is 32.1. The van der Waals surface area contributed by atoms with Crippen molar-refractivity contribution in [1.29, 1.82) is 0 Å². The average molecular weight is 276 g/mol. The van der Waals surface area contributed by atoms with Crippen molar-refractivity contribution >= 4 is 17.2 Å². The van der Waals surface area contributed by atoms with Crippen molar-refractivity contribution < 1.29 is 9.47 Å². The zero-order valence-corrected chi connectivity index (χ0v) is 11.8. The number of methoxy groups -OCH3 is 2. The number of benzene rings is 1. The lowest BCUT2D eigenvalue weighted by molar-refractivity contribution is 0.395. The highest BCUT2D eigenvalue weighted by Gasteiger charge is 2.18. The van der Waals surface area contributed by atoms with Crippen LogP contribution in [0.5, 0.6) is 11.5 Å². The average Bonchev–Trinajstić information content (AvgIpc) is 2.90. The first-order valence-corrected chi connectivity index (χ1v) is 7.09. The summed E-state index contributed by atoms with van der Waals surface area (Å²) < 4.78 is 10.7. The Labute approximate surface area is 116 Å². The van der Waals surface area contributed by atoms with Crippen molar-refractivity contribution in [3.8, 4) is 22.1 Å². The molecule has 1 N–H and O–H groups in total. The second-order valence-corrected chi connectivity index (χ2v) is 5.47. The Balaban J connectivity index is 2.03. The molecule has 1 aliphatic heterocycles. The molecule has 0 bridgehead atoms. The number of thiazole rings is 1. The van der Waals surface area contributed by atoms with E-state index in [4.69, 9.17) is 9.47 Å². The van der Waals surface area contributed by atoms with Gasteiger partial charge in [0.1, 0.15) is 22.3 Å². The predicted molar refractivity (Wildman–Crippen MR) is 77.5 cm³/mol. The molecular weight excluding hydrogens is 260 g/mol. The summed E-state index contributed by atoms with van der Waals surface area (Å²) in [5.74, 6) is 2.62. The molecule has 0 radical (unpaired) electrons. The van der Waals surface area contributed by atoms with Gasteiger partial charge in [0.15, 0.2) is 0 Å². The molecule has 3 rings (SSSR count). The molecule has 19 heavy (non-hydrogen) atoms. The van der Waals surface area contributed by atoms with Crippen molar-refractivity contribution in [3.05, 3.63) is 23.1 Å². The summed E-state index contributed by atoms with van der Waals surface area (Å²) in [4.78, 5) is 6.00. The Bertz CT molecular complexity index is 572. The van der Waals surface area contributed by atoms with Gasteiger partial charge in [0.25, 0.3) is 0 Å². The molecule has 0 amide bonds. The number of hydrogen-bond donors (Lipinski definition) is 1. The van der Waals surface area contributed by atoms with E-state index in [9.17, 15) is 0 Å². The minimum absolute atomic E-state index is 0.792. The normalized spacial score (nSPS) is 13.6. The fourth-order valence-electron chi connectivity index (χ4n) is 2.21. The fraction of sp³-hybridized carbons (Fsp3) is 0.357. The largest absolute Gasteiger partial charge is 0.497 e. The van der Waals surface area contributed by atoms with Gasteiger partial charge in [0.05, 0.1) is 19.8 Å². The number of aryl methyl sites for hydroxylation is 1. The molecule has 2 heterocycles. The van der Waals surface area contributed by atoms with E-state index in [1.165, 1.54) is 11.3 Å². The van der Waals surface area contributed by atoms with Crippen LogP contribution in [0.4, 0.5) is 5.82 Å². The van der Waals surface area contributed by atoms with Crippen molar-refractivity contribution in [2.45, 2.75) is 12.8 Å². The van der Waals surface area contributed by atoms with Crippen LogP contribution in [0, 0.1) is 0 Å². The maximum absolute atomic E-state index is 5.44. The molecule has 1 aromatic heterocycles. The van der Waals surface area contributed by atoms with E-state index in [0.29, 0.717) is 0 Å². The lowest BCUT2D eigenvalue weighted by atomic mass is 10.2. The second-order valence-electron chi connectivity index (χ2n) is 4.39. The monoisotopic (exact) mass is 276 g/mol. The summed E-state index contributed by atoms with van der Waals surface area (Å²) in [6, 6.07) is 5.83. The molecule has 0 saturated heterocycles. The Morgan fingerprint density at radius 3 is 2.89 bits per heavy atom. The van der Waals surface area contributed by atoms with Crippen LogP contribution in [0.15, 0.2) is 18.2 Å². The summed E-state index contributed by atoms with van der Waals surface area (Å²) in [6.45, 7) is 1.01. The van der Waals surface area contributed by atoms with Crippen LogP contribution in [0.2, 0.25) is 0 Å². The van der Waals surface area contributed by atoms with Crippen LogP contribution in [-0.4, -0.2) is 25.7 Å². The lowest BCUT2D eigenvalue weighted by Crippen LogP contribution is -2.09. The van der Waals surface area contributed by atoms with Crippen LogP contribution in [0.25, 0.3) is 10.6 Å². The number of nitrogens with one attached hydrogen (secondary N) is 1. The molecule has 0 atom stereocenters. The quantitative estimate of drug-likeness (QED) is 0.935. The maximum Gasteiger partial charge on any atom is 0.140 e. The fourth-order valence-corrected chi connectivity index (χ4v) is 3.32. The van der Waals surface area contributed by atoms with E-state index in [-0.39, 0.29) is 0 Å². The Morgan fingerprint density at radius 1 is 1.26 bits per heavy atom. The topological polar surface area (TPSA) is 43.4 Å². The van der Waals surface area contributed by atoms with Crippen LogP contribution in [0.1, 0.15) is 11.3 Å². The summed E-state index contributed by atoms with van der Waals surface area (Å²) in [7, 11) is 3.32. The van der Waals surface area contributed by atoms with Crippen LogP contribution < -0.4 is 14.8 Å². The zero-order chi connectivity index (χ0) is 13.2. The van der Waals surface area contributed by atoms with Gasteiger partial charge in [-0.3, -0.25) is 0 Å². The maximum atomic E-state index is 5.44. The molecule has 0 fully saturated rings. The van der Waals surface area contributed by atoms with Crippen molar-refractivity contribution in [2.75, 3.05) is 26.1 Å². The Kier molecular flexibility index (Phi) is 3.29. The third-order valence-electron chi connectivity index (χ3n) is 3.21. The Morgan fingerprint density at radius 2 is 2.16 bits per heavy atom. The van der Waals surface area contributed by atoms with E-state index in [2.05, 4.69) is 10.3 Å². The van der Waals surface area contributed by atoms with Gasteiger partial charge < -0.3 is 14.8 Å². The molecule has 0 spiro atoms. The summed E-state index contributed by atoms with van der Waals surface area (Å²) in [5, 5.41) is 4.35. The number of nitrogens with zero attached hydrogens (tertiary/aromatic N) is 1. The first kappa shape index (κ1) is 12.3. The van der Waals surface area contributed by atoms with E-state index in [0.717, 1.165) is 40.9 Å². The third kappa shape index (κ3) is 2.26. The minimum atomic E-state index is 0.792. The predicted octanol–water partition coefficient (Wildman–Crippen LogP) is 3.19. The van der Waals surface area contributed by atoms with Gasteiger partial charge >= 0.3 is 0 Å². The smallest absolute Gasteiger partial charge is 0.140 e. The SMILES string of the molecule is COc1ccc(-c2nc3c(s2)CCCN3)c(OC)c1. The molecule has 0 aliphatic carbocycles. The number of rotatable bonds is 3. The number of aromatic nitrogens is 1. The van der Waals surface area contributed by atoms with Gasteiger partial charge in [0.2, 0.25) is 0 Å². The van der Waals surface area contributed by atoms with Gasteiger partial charge in [-0.25, -0.2) is 4.98 Å². The molecule has 4 nitrogen and oxygen atoms in total. The first-order valence-electron chi connectivity index (χ1n) is 6.28. The van der Waals surface area contributed by atoms with Gasteiger partial charge in [-0.15, -0.1) is 11.3 Å². The molecule has 5 heteroatoms. The van der Waals surface area contributed by atoms with Gasteiger partial charge in [-0.1, -0.05) is 0 Å². The number of anilines is 1. The van der Waals surface area contributed by atoms with E-state index < -0.39 is 0 Å². The van der Waals surface area contributed by atoms with Crippen LogP contribution in [-0.2, 0) is 6.42 Å². The second kappa shape index (κ2) is 5.09. The molecule has 1 aromatic carbocycles. The third-order valence-corrected chi connectivity index (χ3v) is 4.36. The van der Waals surface area contributed by atoms with Gasteiger partial charge in [0, 0.05) is 17.5 Å². The molecule has 100 valence electrons. The Hall–Kier alpha value is -1.75. The molecule has 0 saturated carbocycles. The molecule has 1 aliphatic rings. The van der Waals surface area contributed by atoms with E-state index >= 15 is 0 Å². The van der Waals surface area contributed by atoms with Crippen molar-refractivity contribution in [3.63, 3.8) is 0 Å². The molecular formula is C14H16N2O2S. The summed E-state index contributed by atoms with van der Waals surface area (Å²) in [5.41, 5.74) is 1.02. The van der Waals surface area contributed by atoms with Crippen LogP contribution in [0.3, 0.4) is 0 Å².